The SMILES string of the molecule is CC(C)(C)OC(=O)NC(CN)CCc1ccccc1. The summed E-state index contributed by atoms with van der Waals surface area (Å²) >= 11 is 0. The van der Waals surface area contributed by atoms with Gasteiger partial charge >= 0.3 is 6.09 Å². The van der Waals surface area contributed by atoms with Crippen molar-refractivity contribution in [2.75, 3.05) is 6.54 Å². The number of rotatable bonds is 5. The van der Waals surface area contributed by atoms with Gasteiger partial charge in [0.15, 0.2) is 0 Å². The molecule has 4 heteroatoms. The normalized spacial score (nSPS) is 12.8. The highest BCUT2D eigenvalue weighted by Gasteiger charge is 2.18. The zero-order valence-electron chi connectivity index (χ0n) is 12.0. The molecule has 0 heterocycles. The highest BCUT2D eigenvalue weighted by Crippen LogP contribution is 2.08. The Labute approximate surface area is 115 Å². The van der Waals surface area contributed by atoms with Gasteiger partial charge in [-0.25, -0.2) is 4.79 Å². The summed E-state index contributed by atoms with van der Waals surface area (Å²) < 4.78 is 5.22. The van der Waals surface area contributed by atoms with Crippen molar-refractivity contribution in [1.29, 1.82) is 0 Å². The van der Waals surface area contributed by atoms with Gasteiger partial charge in [0.05, 0.1) is 0 Å². The van der Waals surface area contributed by atoms with Crippen LogP contribution in [0.3, 0.4) is 0 Å². The monoisotopic (exact) mass is 264 g/mol. The maximum absolute atomic E-state index is 11.7. The Hall–Kier alpha value is -1.55. The van der Waals surface area contributed by atoms with Crippen molar-refractivity contribution in [3.05, 3.63) is 35.9 Å². The predicted octanol–water partition coefficient (Wildman–Crippen LogP) is 2.47. The van der Waals surface area contributed by atoms with Gasteiger partial charge in [0.25, 0.3) is 0 Å². The second-order valence-corrected chi connectivity index (χ2v) is 5.60. The van der Waals surface area contributed by atoms with Crippen LogP contribution in [-0.4, -0.2) is 24.3 Å². The molecule has 0 saturated carbocycles. The first-order valence-electron chi connectivity index (χ1n) is 6.64. The lowest BCUT2D eigenvalue weighted by Gasteiger charge is -2.23. The predicted molar refractivity (Wildman–Crippen MR) is 77.0 cm³/mol. The van der Waals surface area contributed by atoms with Crippen LogP contribution >= 0.6 is 0 Å². The molecule has 4 nitrogen and oxygen atoms in total. The van der Waals surface area contributed by atoms with E-state index in [9.17, 15) is 4.79 Å². The van der Waals surface area contributed by atoms with Crippen LogP contribution in [0.15, 0.2) is 30.3 Å². The number of hydrogen-bond acceptors (Lipinski definition) is 3. The van der Waals surface area contributed by atoms with E-state index in [2.05, 4.69) is 17.4 Å². The first-order chi connectivity index (χ1) is 8.90. The van der Waals surface area contributed by atoms with Crippen molar-refractivity contribution in [1.82, 2.24) is 5.32 Å². The first-order valence-corrected chi connectivity index (χ1v) is 6.64. The molecule has 0 bridgehead atoms. The number of nitrogens with one attached hydrogen (secondary N) is 1. The molecule has 1 atom stereocenters. The number of amides is 1. The van der Waals surface area contributed by atoms with Gasteiger partial charge in [-0.15, -0.1) is 0 Å². The molecule has 1 rings (SSSR count). The molecule has 106 valence electrons. The van der Waals surface area contributed by atoms with Gasteiger partial charge in [0.2, 0.25) is 0 Å². The van der Waals surface area contributed by atoms with Crippen LogP contribution in [0.25, 0.3) is 0 Å². The van der Waals surface area contributed by atoms with E-state index in [4.69, 9.17) is 10.5 Å². The first kappa shape index (κ1) is 15.5. The van der Waals surface area contributed by atoms with Gasteiger partial charge in [-0.05, 0) is 39.2 Å². The van der Waals surface area contributed by atoms with E-state index in [1.807, 2.05) is 39.0 Å². The smallest absolute Gasteiger partial charge is 0.407 e. The maximum atomic E-state index is 11.7. The zero-order chi connectivity index (χ0) is 14.3. The van der Waals surface area contributed by atoms with Crippen molar-refractivity contribution in [2.24, 2.45) is 5.73 Å². The van der Waals surface area contributed by atoms with E-state index in [0.29, 0.717) is 6.54 Å². The second-order valence-electron chi connectivity index (χ2n) is 5.60. The summed E-state index contributed by atoms with van der Waals surface area (Å²) in [5.41, 5.74) is 6.44. The quantitative estimate of drug-likeness (QED) is 0.858. The molecule has 0 aliphatic carbocycles. The fourth-order valence-electron chi connectivity index (χ4n) is 1.71. The van der Waals surface area contributed by atoms with Gasteiger partial charge in [0.1, 0.15) is 5.60 Å². The van der Waals surface area contributed by atoms with Gasteiger partial charge < -0.3 is 15.8 Å². The fourth-order valence-corrected chi connectivity index (χ4v) is 1.71. The van der Waals surface area contributed by atoms with E-state index >= 15 is 0 Å². The Bertz CT molecular complexity index is 385. The molecule has 1 aromatic carbocycles. The highest BCUT2D eigenvalue weighted by molar-refractivity contribution is 5.68. The number of ether oxygens (including phenoxy) is 1. The standard InChI is InChI=1S/C15H24N2O2/c1-15(2,3)19-14(18)17-13(11-16)10-9-12-7-5-4-6-8-12/h4-8,13H,9-11,16H2,1-3H3,(H,17,18). The lowest BCUT2D eigenvalue weighted by atomic mass is 10.1. The number of carbonyl (C=O) groups excluding carboxylic acids is 1. The van der Waals surface area contributed by atoms with Crippen molar-refractivity contribution >= 4 is 6.09 Å². The van der Waals surface area contributed by atoms with Crippen LogP contribution in [0, 0.1) is 0 Å². The third-order valence-corrected chi connectivity index (χ3v) is 2.63. The molecular formula is C15H24N2O2. The Kier molecular flexibility index (Phi) is 5.83. The molecule has 0 saturated heterocycles. The number of hydrogen-bond donors (Lipinski definition) is 2. The van der Waals surface area contributed by atoms with Gasteiger partial charge in [-0.2, -0.15) is 0 Å². The van der Waals surface area contributed by atoms with Gasteiger partial charge in [0, 0.05) is 12.6 Å². The van der Waals surface area contributed by atoms with Crippen molar-refractivity contribution in [3.63, 3.8) is 0 Å². The van der Waals surface area contributed by atoms with Crippen molar-refractivity contribution < 1.29 is 9.53 Å². The molecule has 1 aromatic rings. The molecule has 0 spiro atoms. The largest absolute Gasteiger partial charge is 0.444 e. The van der Waals surface area contributed by atoms with E-state index in [-0.39, 0.29) is 6.04 Å². The fraction of sp³-hybridized carbons (Fsp3) is 0.533. The summed E-state index contributed by atoms with van der Waals surface area (Å²) in [5.74, 6) is 0. The molecular weight excluding hydrogens is 240 g/mol. The summed E-state index contributed by atoms with van der Waals surface area (Å²) in [6, 6.07) is 10.1. The summed E-state index contributed by atoms with van der Waals surface area (Å²) in [6.07, 6.45) is 1.29. The van der Waals surface area contributed by atoms with Gasteiger partial charge in [-0.3, -0.25) is 0 Å². The second kappa shape index (κ2) is 7.14. The number of nitrogens with two attached hydrogens (primary N) is 1. The minimum atomic E-state index is -0.483. The molecule has 3 N–H and O–H groups in total. The van der Waals surface area contributed by atoms with Crippen LogP contribution in [0.4, 0.5) is 4.79 Å². The van der Waals surface area contributed by atoms with Crippen LogP contribution in [0.1, 0.15) is 32.8 Å². The third kappa shape index (κ3) is 6.82. The van der Waals surface area contributed by atoms with Crippen LogP contribution < -0.4 is 11.1 Å². The lowest BCUT2D eigenvalue weighted by molar-refractivity contribution is 0.0503. The Balaban J connectivity index is 2.39. The van der Waals surface area contributed by atoms with Gasteiger partial charge in [-0.1, -0.05) is 30.3 Å². The minimum Gasteiger partial charge on any atom is -0.444 e. The van der Waals surface area contributed by atoms with Crippen molar-refractivity contribution in [2.45, 2.75) is 45.3 Å². The van der Waals surface area contributed by atoms with Crippen molar-refractivity contribution in [3.8, 4) is 0 Å². The highest BCUT2D eigenvalue weighted by atomic mass is 16.6. The lowest BCUT2D eigenvalue weighted by Crippen LogP contribution is -2.43. The van der Waals surface area contributed by atoms with E-state index in [0.717, 1.165) is 12.8 Å². The molecule has 1 amide bonds. The molecule has 0 radical (unpaired) electrons. The summed E-state index contributed by atoms with van der Waals surface area (Å²) in [7, 11) is 0. The molecule has 19 heavy (non-hydrogen) atoms. The topological polar surface area (TPSA) is 64.3 Å². The minimum absolute atomic E-state index is 0.0601. The number of alkyl carbamates (subject to hydrolysis) is 1. The summed E-state index contributed by atoms with van der Waals surface area (Å²) in [6.45, 7) is 5.93. The zero-order valence-corrected chi connectivity index (χ0v) is 12.0. The van der Waals surface area contributed by atoms with Crippen LogP contribution in [0.2, 0.25) is 0 Å². The average molecular weight is 264 g/mol. The Morgan fingerprint density at radius 1 is 1.32 bits per heavy atom. The molecule has 0 aliphatic heterocycles. The summed E-state index contributed by atoms with van der Waals surface area (Å²) in [5, 5.41) is 2.81. The molecule has 0 aliphatic rings. The Morgan fingerprint density at radius 2 is 1.95 bits per heavy atom. The molecule has 0 fully saturated rings. The van der Waals surface area contributed by atoms with Crippen LogP contribution in [-0.2, 0) is 11.2 Å². The van der Waals surface area contributed by atoms with Crippen LogP contribution in [0.5, 0.6) is 0 Å². The number of aryl methyl sites for hydroxylation is 1. The maximum Gasteiger partial charge on any atom is 0.407 e. The number of benzene rings is 1. The Morgan fingerprint density at radius 3 is 2.47 bits per heavy atom. The molecule has 1 unspecified atom stereocenters. The average Bonchev–Trinajstić information content (AvgIpc) is 2.33. The summed E-state index contributed by atoms with van der Waals surface area (Å²) in [4.78, 5) is 11.7. The van der Waals surface area contributed by atoms with E-state index in [1.165, 1.54) is 5.56 Å². The number of carbonyl (C=O) groups is 1. The molecule has 0 aromatic heterocycles. The van der Waals surface area contributed by atoms with E-state index in [1.54, 1.807) is 0 Å². The third-order valence-electron chi connectivity index (χ3n) is 2.63. The van der Waals surface area contributed by atoms with E-state index < -0.39 is 11.7 Å².